The molecule has 0 spiro atoms. The van der Waals surface area contributed by atoms with Crippen molar-refractivity contribution in [3.63, 3.8) is 0 Å². The fraction of sp³-hybridized carbons (Fsp3) is 0.118. The Morgan fingerprint density at radius 3 is 2.68 bits per heavy atom. The molecule has 0 bridgehead atoms. The van der Waals surface area contributed by atoms with E-state index in [0.717, 1.165) is 23.6 Å². The second kappa shape index (κ2) is 5.69. The van der Waals surface area contributed by atoms with Crippen LogP contribution in [0, 0.1) is 11.6 Å². The summed E-state index contributed by atoms with van der Waals surface area (Å²) >= 11 is 0. The molecule has 0 radical (unpaired) electrons. The molecular formula is C17H14F2N2O. The molecule has 0 saturated carbocycles. The second-order valence-electron chi connectivity index (χ2n) is 4.97. The average Bonchev–Trinajstić information content (AvgIpc) is 2.53. The normalized spacial score (nSPS) is 12.5. The van der Waals surface area contributed by atoms with Gasteiger partial charge in [-0.2, -0.15) is 0 Å². The van der Waals surface area contributed by atoms with E-state index in [1.165, 1.54) is 0 Å². The third-order valence-electron chi connectivity index (χ3n) is 3.65. The van der Waals surface area contributed by atoms with Crippen molar-refractivity contribution < 1.29 is 13.9 Å². The molecule has 1 aromatic heterocycles. The number of hydrogen-bond acceptors (Lipinski definition) is 3. The van der Waals surface area contributed by atoms with Crippen molar-refractivity contribution in [2.45, 2.75) is 6.04 Å². The Hall–Kier alpha value is -2.53. The SMILES string of the molecule is CNC(c1cc(F)ccc1F)c1ccc2cccnc2c1O. The van der Waals surface area contributed by atoms with Crippen LogP contribution >= 0.6 is 0 Å². The predicted octanol–water partition coefficient (Wildman–Crippen LogP) is 3.53. The van der Waals surface area contributed by atoms with Gasteiger partial charge >= 0.3 is 0 Å². The van der Waals surface area contributed by atoms with Gasteiger partial charge in [0, 0.05) is 22.7 Å². The summed E-state index contributed by atoms with van der Waals surface area (Å²) in [5.41, 5.74) is 1.00. The number of benzene rings is 2. The van der Waals surface area contributed by atoms with Gasteiger partial charge in [0.25, 0.3) is 0 Å². The largest absolute Gasteiger partial charge is 0.505 e. The zero-order valence-electron chi connectivity index (χ0n) is 11.8. The minimum Gasteiger partial charge on any atom is -0.505 e. The third kappa shape index (κ3) is 2.40. The maximum absolute atomic E-state index is 14.0. The first-order valence-corrected chi connectivity index (χ1v) is 6.80. The maximum atomic E-state index is 14.0. The molecule has 112 valence electrons. The van der Waals surface area contributed by atoms with Gasteiger partial charge in [-0.05, 0) is 31.3 Å². The summed E-state index contributed by atoms with van der Waals surface area (Å²) in [6.07, 6.45) is 1.57. The Bertz CT molecular complexity index is 836. The van der Waals surface area contributed by atoms with Crippen molar-refractivity contribution in [2.75, 3.05) is 7.05 Å². The van der Waals surface area contributed by atoms with Crippen LogP contribution in [0.25, 0.3) is 10.9 Å². The molecule has 3 aromatic rings. The van der Waals surface area contributed by atoms with E-state index in [9.17, 15) is 13.9 Å². The van der Waals surface area contributed by atoms with Gasteiger partial charge in [0.1, 0.15) is 22.9 Å². The molecule has 0 saturated heterocycles. The van der Waals surface area contributed by atoms with Gasteiger partial charge < -0.3 is 10.4 Å². The molecule has 1 atom stereocenters. The lowest BCUT2D eigenvalue weighted by Crippen LogP contribution is -2.19. The fourth-order valence-corrected chi connectivity index (χ4v) is 2.59. The molecule has 0 fully saturated rings. The van der Waals surface area contributed by atoms with E-state index in [1.807, 2.05) is 6.07 Å². The monoisotopic (exact) mass is 300 g/mol. The zero-order valence-corrected chi connectivity index (χ0v) is 11.8. The number of phenols is 1. The van der Waals surface area contributed by atoms with Crippen LogP contribution in [0.15, 0.2) is 48.7 Å². The molecule has 0 amide bonds. The maximum Gasteiger partial charge on any atom is 0.146 e. The van der Waals surface area contributed by atoms with Crippen LogP contribution in [0.2, 0.25) is 0 Å². The Kier molecular flexibility index (Phi) is 3.73. The molecule has 2 N–H and O–H groups in total. The van der Waals surface area contributed by atoms with E-state index in [2.05, 4.69) is 10.3 Å². The highest BCUT2D eigenvalue weighted by Gasteiger charge is 2.21. The third-order valence-corrected chi connectivity index (χ3v) is 3.65. The topological polar surface area (TPSA) is 45.2 Å². The van der Waals surface area contributed by atoms with Crippen LogP contribution in [0.4, 0.5) is 8.78 Å². The Morgan fingerprint density at radius 1 is 1.09 bits per heavy atom. The van der Waals surface area contributed by atoms with E-state index in [0.29, 0.717) is 11.1 Å². The first kappa shape index (κ1) is 14.4. The summed E-state index contributed by atoms with van der Waals surface area (Å²) in [6.45, 7) is 0. The molecule has 22 heavy (non-hydrogen) atoms. The van der Waals surface area contributed by atoms with E-state index in [4.69, 9.17) is 0 Å². The molecule has 0 aliphatic carbocycles. The summed E-state index contributed by atoms with van der Waals surface area (Å²) < 4.78 is 27.5. The molecule has 0 aliphatic heterocycles. The quantitative estimate of drug-likeness (QED) is 0.778. The van der Waals surface area contributed by atoms with Gasteiger partial charge in [-0.1, -0.05) is 18.2 Å². The standard InChI is InChI=1S/C17H14F2N2O/c1-20-16(13-9-11(18)5-7-14(13)19)12-6-4-10-3-2-8-21-15(10)17(12)22/h2-9,16,20,22H,1H3. The molecule has 0 aliphatic rings. The number of pyridine rings is 1. The number of rotatable bonds is 3. The summed E-state index contributed by atoms with van der Waals surface area (Å²) in [5, 5.41) is 14.1. The van der Waals surface area contributed by atoms with E-state index in [1.54, 1.807) is 31.4 Å². The van der Waals surface area contributed by atoms with E-state index < -0.39 is 17.7 Å². The molecule has 3 rings (SSSR count). The number of nitrogens with one attached hydrogen (secondary N) is 1. The van der Waals surface area contributed by atoms with Crippen molar-refractivity contribution in [1.29, 1.82) is 0 Å². The van der Waals surface area contributed by atoms with Crippen LogP contribution < -0.4 is 5.32 Å². The Labute approximate surface area is 126 Å². The van der Waals surface area contributed by atoms with Gasteiger partial charge in [-0.3, -0.25) is 4.98 Å². The highest BCUT2D eigenvalue weighted by molar-refractivity contribution is 5.85. The highest BCUT2D eigenvalue weighted by atomic mass is 19.1. The lowest BCUT2D eigenvalue weighted by atomic mass is 9.96. The van der Waals surface area contributed by atoms with Crippen LogP contribution in [-0.4, -0.2) is 17.1 Å². The summed E-state index contributed by atoms with van der Waals surface area (Å²) in [5.74, 6) is -1.11. The summed E-state index contributed by atoms with van der Waals surface area (Å²) in [7, 11) is 1.62. The Balaban J connectivity index is 2.19. The van der Waals surface area contributed by atoms with Crippen LogP contribution in [0.5, 0.6) is 5.75 Å². The minimum absolute atomic E-state index is 0.0406. The zero-order chi connectivity index (χ0) is 15.7. The molecule has 5 heteroatoms. The number of aromatic nitrogens is 1. The minimum atomic E-state index is -0.679. The first-order chi connectivity index (χ1) is 10.6. The van der Waals surface area contributed by atoms with E-state index >= 15 is 0 Å². The van der Waals surface area contributed by atoms with Gasteiger partial charge in [0.05, 0.1) is 6.04 Å². The van der Waals surface area contributed by atoms with Crippen molar-refractivity contribution in [2.24, 2.45) is 0 Å². The number of aromatic hydroxyl groups is 1. The smallest absolute Gasteiger partial charge is 0.146 e. The number of halogens is 2. The highest BCUT2D eigenvalue weighted by Crippen LogP contribution is 2.35. The van der Waals surface area contributed by atoms with Crippen molar-refractivity contribution in [3.05, 3.63) is 71.4 Å². The lowest BCUT2D eigenvalue weighted by molar-refractivity contribution is 0.463. The summed E-state index contributed by atoms with van der Waals surface area (Å²) in [6, 6.07) is 9.65. The van der Waals surface area contributed by atoms with Crippen LogP contribution in [0.3, 0.4) is 0 Å². The molecule has 1 heterocycles. The number of nitrogens with zero attached hydrogens (tertiary/aromatic N) is 1. The van der Waals surface area contributed by atoms with Gasteiger partial charge in [0.2, 0.25) is 0 Å². The van der Waals surface area contributed by atoms with Crippen LogP contribution in [-0.2, 0) is 0 Å². The first-order valence-electron chi connectivity index (χ1n) is 6.80. The van der Waals surface area contributed by atoms with Gasteiger partial charge in [-0.15, -0.1) is 0 Å². The summed E-state index contributed by atoms with van der Waals surface area (Å²) in [4.78, 5) is 4.15. The predicted molar refractivity (Wildman–Crippen MR) is 80.7 cm³/mol. The second-order valence-corrected chi connectivity index (χ2v) is 4.97. The van der Waals surface area contributed by atoms with Crippen molar-refractivity contribution in [1.82, 2.24) is 10.3 Å². The molecular weight excluding hydrogens is 286 g/mol. The molecule has 1 unspecified atom stereocenters. The van der Waals surface area contributed by atoms with Crippen molar-refractivity contribution >= 4 is 10.9 Å². The lowest BCUT2D eigenvalue weighted by Gasteiger charge is -2.19. The fourth-order valence-electron chi connectivity index (χ4n) is 2.59. The molecule has 2 aromatic carbocycles. The van der Waals surface area contributed by atoms with Crippen LogP contribution in [0.1, 0.15) is 17.2 Å². The van der Waals surface area contributed by atoms with Gasteiger partial charge in [0.15, 0.2) is 0 Å². The average molecular weight is 300 g/mol. The van der Waals surface area contributed by atoms with Gasteiger partial charge in [-0.25, -0.2) is 8.78 Å². The Morgan fingerprint density at radius 2 is 1.91 bits per heavy atom. The van der Waals surface area contributed by atoms with E-state index in [-0.39, 0.29) is 11.3 Å². The number of fused-ring (bicyclic) bond motifs is 1. The van der Waals surface area contributed by atoms with Crippen molar-refractivity contribution in [3.8, 4) is 5.75 Å². The molecule has 3 nitrogen and oxygen atoms in total. The number of hydrogen-bond donors (Lipinski definition) is 2. The number of phenolic OH excluding ortho intramolecular Hbond substituents is 1.